The largest absolute Gasteiger partial charge is 0.348 e. The number of rotatable bonds is 7. The van der Waals surface area contributed by atoms with Crippen molar-refractivity contribution < 1.29 is 9.18 Å². The lowest BCUT2D eigenvalue weighted by Crippen LogP contribution is -2.23. The molecule has 3 aromatic carbocycles. The van der Waals surface area contributed by atoms with E-state index in [9.17, 15) is 14.0 Å². The van der Waals surface area contributed by atoms with Gasteiger partial charge in [0, 0.05) is 48.1 Å². The maximum absolute atomic E-state index is 14.8. The van der Waals surface area contributed by atoms with Crippen molar-refractivity contribution in [3.8, 4) is 0 Å². The lowest BCUT2D eigenvalue weighted by molar-refractivity contribution is 0.0950. The Kier molecular flexibility index (Phi) is 6.67. The second-order valence-corrected chi connectivity index (χ2v) is 8.72. The Labute approximate surface area is 207 Å². The summed E-state index contributed by atoms with van der Waals surface area (Å²) in [6.07, 6.45) is 6.04. The van der Waals surface area contributed by atoms with Crippen molar-refractivity contribution in [3.05, 3.63) is 147 Å². The van der Waals surface area contributed by atoms with Crippen molar-refractivity contribution in [1.29, 1.82) is 0 Å². The maximum atomic E-state index is 14.8. The molecule has 1 amide bonds. The third-order valence-electron chi connectivity index (χ3n) is 6.17. The van der Waals surface area contributed by atoms with Crippen molar-refractivity contribution in [2.75, 3.05) is 0 Å². The van der Waals surface area contributed by atoms with Crippen LogP contribution in [-0.4, -0.2) is 15.9 Å². The molecule has 5 aromatic rings. The van der Waals surface area contributed by atoms with Gasteiger partial charge >= 0.3 is 0 Å². The van der Waals surface area contributed by atoms with Crippen LogP contribution in [-0.2, 0) is 19.4 Å². The van der Waals surface area contributed by atoms with Crippen molar-refractivity contribution in [1.82, 2.24) is 15.3 Å². The number of amides is 1. The summed E-state index contributed by atoms with van der Waals surface area (Å²) in [5, 5.41) is 4.16. The van der Waals surface area contributed by atoms with Crippen molar-refractivity contribution >= 4 is 16.7 Å². The Morgan fingerprint density at radius 1 is 0.833 bits per heavy atom. The van der Waals surface area contributed by atoms with E-state index in [2.05, 4.69) is 15.3 Å². The van der Waals surface area contributed by atoms with E-state index in [1.165, 1.54) is 6.20 Å². The van der Waals surface area contributed by atoms with Crippen LogP contribution in [0.4, 0.5) is 4.39 Å². The van der Waals surface area contributed by atoms with Crippen molar-refractivity contribution in [3.63, 3.8) is 0 Å². The number of hydrogen-bond donors (Lipinski definition) is 2. The minimum atomic E-state index is -0.319. The quantitative estimate of drug-likeness (QED) is 0.339. The highest BCUT2D eigenvalue weighted by Crippen LogP contribution is 2.21. The molecular formula is C30H24FN3O2. The molecule has 0 aliphatic carbocycles. The van der Waals surface area contributed by atoms with Crippen LogP contribution in [0.5, 0.6) is 0 Å². The number of aromatic amines is 1. The van der Waals surface area contributed by atoms with Gasteiger partial charge < -0.3 is 10.3 Å². The maximum Gasteiger partial charge on any atom is 0.253 e. The monoisotopic (exact) mass is 477 g/mol. The Bertz CT molecular complexity index is 1590. The van der Waals surface area contributed by atoms with Gasteiger partial charge in [-0.1, -0.05) is 66.7 Å². The van der Waals surface area contributed by atoms with Crippen LogP contribution >= 0.6 is 0 Å². The number of pyridine rings is 2. The van der Waals surface area contributed by atoms with E-state index in [1.807, 2.05) is 54.6 Å². The molecule has 0 unspecified atom stereocenters. The predicted molar refractivity (Wildman–Crippen MR) is 138 cm³/mol. The highest BCUT2D eigenvalue weighted by Gasteiger charge is 2.11. The first-order valence-corrected chi connectivity index (χ1v) is 11.7. The summed E-state index contributed by atoms with van der Waals surface area (Å²) in [7, 11) is 0. The number of H-pyrrole nitrogens is 1. The van der Waals surface area contributed by atoms with E-state index >= 15 is 0 Å². The van der Waals surface area contributed by atoms with Gasteiger partial charge in [0.2, 0.25) is 0 Å². The molecule has 0 saturated heterocycles. The van der Waals surface area contributed by atoms with E-state index in [1.54, 1.807) is 36.7 Å². The van der Waals surface area contributed by atoms with Gasteiger partial charge in [0.05, 0.1) is 5.56 Å². The van der Waals surface area contributed by atoms with E-state index in [4.69, 9.17) is 0 Å². The first-order chi connectivity index (χ1) is 17.6. The van der Waals surface area contributed by atoms with Crippen LogP contribution in [0.15, 0.2) is 102 Å². The highest BCUT2D eigenvalue weighted by molar-refractivity contribution is 5.94. The Morgan fingerprint density at radius 3 is 2.42 bits per heavy atom. The molecule has 6 heteroatoms. The summed E-state index contributed by atoms with van der Waals surface area (Å²) in [5.41, 5.74) is 4.51. The molecule has 5 nitrogen and oxygen atoms in total. The van der Waals surface area contributed by atoms with Gasteiger partial charge in [-0.05, 0) is 40.6 Å². The van der Waals surface area contributed by atoms with E-state index < -0.39 is 0 Å². The molecule has 0 bridgehead atoms. The molecule has 0 aliphatic heterocycles. The fourth-order valence-electron chi connectivity index (χ4n) is 4.23. The summed E-state index contributed by atoms with van der Waals surface area (Å²) in [5.74, 6) is -0.624. The van der Waals surface area contributed by atoms with Crippen LogP contribution in [0.2, 0.25) is 0 Å². The molecule has 0 atom stereocenters. The SMILES string of the molecule is O=C(NCc1ccc2ccccc2c1F)c1cncc(Cc2ccc(Cc3ccc[nH]c3=O)cc2)c1. The van der Waals surface area contributed by atoms with Gasteiger partial charge in [-0.25, -0.2) is 4.39 Å². The first kappa shape index (κ1) is 23.2. The number of nitrogens with one attached hydrogen (secondary N) is 2. The average molecular weight is 478 g/mol. The van der Waals surface area contributed by atoms with Crippen molar-refractivity contribution in [2.45, 2.75) is 19.4 Å². The average Bonchev–Trinajstić information content (AvgIpc) is 2.91. The zero-order valence-electron chi connectivity index (χ0n) is 19.5. The Hall–Kier alpha value is -4.58. The van der Waals surface area contributed by atoms with Gasteiger partial charge in [-0.15, -0.1) is 0 Å². The van der Waals surface area contributed by atoms with E-state index in [0.717, 1.165) is 27.6 Å². The molecule has 2 heterocycles. The molecule has 0 radical (unpaired) electrons. The summed E-state index contributed by atoms with van der Waals surface area (Å²) < 4.78 is 14.8. The second kappa shape index (κ2) is 10.4. The lowest BCUT2D eigenvalue weighted by atomic mass is 10.0. The predicted octanol–water partition coefficient (Wildman–Crippen LogP) is 5.17. The number of nitrogens with zero attached hydrogens (tertiary/aromatic N) is 1. The normalized spacial score (nSPS) is 10.9. The topological polar surface area (TPSA) is 74.8 Å². The molecule has 0 spiro atoms. The minimum absolute atomic E-state index is 0.0777. The van der Waals surface area contributed by atoms with Gasteiger partial charge in [0.1, 0.15) is 5.82 Å². The molecule has 178 valence electrons. The van der Waals surface area contributed by atoms with Gasteiger partial charge in [0.15, 0.2) is 0 Å². The van der Waals surface area contributed by atoms with Crippen LogP contribution in [0.1, 0.15) is 38.2 Å². The number of carbonyl (C=O) groups is 1. The first-order valence-electron chi connectivity index (χ1n) is 11.7. The van der Waals surface area contributed by atoms with Crippen LogP contribution < -0.4 is 10.9 Å². The second-order valence-electron chi connectivity index (χ2n) is 8.72. The Balaban J connectivity index is 1.23. The molecule has 2 aromatic heterocycles. The summed E-state index contributed by atoms with van der Waals surface area (Å²) in [6, 6.07) is 24.3. The van der Waals surface area contributed by atoms with E-state index in [0.29, 0.717) is 29.4 Å². The number of hydrogen-bond acceptors (Lipinski definition) is 3. The van der Waals surface area contributed by atoms with Crippen LogP contribution in [0.25, 0.3) is 10.8 Å². The standard InChI is InChI=1S/C30H24FN3O2/c31-28-25(12-11-23-4-1-2-6-27(23)28)19-34-30(36)26-16-22(17-32-18-26)14-20-7-9-21(10-8-20)15-24-5-3-13-33-29(24)35/h1-13,16-18H,14-15,19H2,(H,33,35)(H,34,36). The lowest BCUT2D eigenvalue weighted by Gasteiger charge is -2.09. The van der Waals surface area contributed by atoms with Crippen molar-refractivity contribution in [2.24, 2.45) is 0 Å². The fraction of sp³-hybridized carbons (Fsp3) is 0.100. The van der Waals surface area contributed by atoms with Crippen LogP contribution in [0, 0.1) is 5.82 Å². The summed E-state index contributed by atoms with van der Waals surface area (Å²) in [4.78, 5) is 31.6. The third-order valence-corrected chi connectivity index (χ3v) is 6.17. The number of benzene rings is 3. The number of halogens is 1. The molecule has 0 fully saturated rings. The Morgan fingerprint density at radius 2 is 1.61 bits per heavy atom. The summed E-state index contributed by atoms with van der Waals surface area (Å²) >= 11 is 0. The zero-order chi connectivity index (χ0) is 24.9. The molecule has 0 aliphatic rings. The van der Waals surface area contributed by atoms with Gasteiger partial charge in [-0.3, -0.25) is 14.6 Å². The zero-order valence-corrected chi connectivity index (χ0v) is 19.5. The molecule has 36 heavy (non-hydrogen) atoms. The number of aromatic nitrogens is 2. The third kappa shape index (κ3) is 5.23. The molecule has 5 rings (SSSR count). The van der Waals surface area contributed by atoms with Crippen LogP contribution in [0.3, 0.4) is 0 Å². The number of carbonyl (C=O) groups excluding carboxylic acids is 1. The van der Waals surface area contributed by atoms with Gasteiger partial charge in [0.25, 0.3) is 11.5 Å². The van der Waals surface area contributed by atoms with Gasteiger partial charge in [-0.2, -0.15) is 0 Å². The fourth-order valence-corrected chi connectivity index (χ4v) is 4.23. The van der Waals surface area contributed by atoms with E-state index in [-0.39, 0.29) is 23.8 Å². The number of fused-ring (bicyclic) bond motifs is 1. The molecular weight excluding hydrogens is 453 g/mol. The molecule has 0 saturated carbocycles. The highest BCUT2D eigenvalue weighted by atomic mass is 19.1. The minimum Gasteiger partial charge on any atom is -0.348 e. The smallest absolute Gasteiger partial charge is 0.253 e. The summed E-state index contributed by atoms with van der Waals surface area (Å²) in [6.45, 7) is 0.0887. The molecule has 2 N–H and O–H groups in total.